The Hall–Kier alpha value is -1.31. The van der Waals surface area contributed by atoms with Crippen molar-refractivity contribution in [1.29, 1.82) is 0 Å². The molecule has 3 rings (SSSR count). The highest BCUT2D eigenvalue weighted by Gasteiger charge is 2.53. The van der Waals surface area contributed by atoms with E-state index in [1.807, 2.05) is 0 Å². The zero-order chi connectivity index (χ0) is 20.4. The summed E-state index contributed by atoms with van der Waals surface area (Å²) in [6.45, 7) is -1.89. The minimum Gasteiger partial charge on any atom is -0.370 e. The van der Waals surface area contributed by atoms with Crippen LogP contribution in [-0.4, -0.2) is 64.8 Å². The van der Waals surface area contributed by atoms with Crippen molar-refractivity contribution in [3.05, 3.63) is 35.9 Å². The van der Waals surface area contributed by atoms with Crippen molar-refractivity contribution < 1.29 is 49.1 Å². The molecule has 0 bridgehead atoms. The van der Waals surface area contributed by atoms with Crippen LogP contribution in [-0.2, 0) is 33.2 Å². The lowest BCUT2D eigenvalue weighted by atomic mass is 9.98. The van der Waals surface area contributed by atoms with Gasteiger partial charge in [-0.2, -0.15) is 21.6 Å². The minimum absolute atomic E-state index is 0.0262. The van der Waals surface area contributed by atoms with E-state index in [4.69, 9.17) is 18.9 Å². The van der Waals surface area contributed by atoms with E-state index in [-0.39, 0.29) is 6.61 Å². The molecule has 0 N–H and O–H groups in total. The van der Waals surface area contributed by atoms with Crippen molar-refractivity contribution in [3.63, 3.8) is 0 Å². The van der Waals surface area contributed by atoms with Gasteiger partial charge in [-0.1, -0.05) is 30.3 Å². The molecule has 12 heteroatoms. The van der Waals surface area contributed by atoms with Crippen molar-refractivity contribution in [3.8, 4) is 0 Å². The maximum Gasteiger partial charge on any atom is 0.523 e. The van der Waals surface area contributed by atoms with E-state index in [9.17, 15) is 26.0 Å². The summed E-state index contributed by atoms with van der Waals surface area (Å²) in [5, 5.41) is 0. The fraction of sp³-hybridized carbons (Fsp3) is 0.625. The summed E-state index contributed by atoms with van der Waals surface area (Å²) < 4.78 is 99.7. The van der Waals surface area contributed by atoms with Crippen LogP contribution in [0.15, 0.2) is 30.3 Å². The molecule has 2 aliphatic heterocycles. The molecule has 7 nitrogen and oxygen atoms in total. The zero-order valence-electron chi connectivity index (χ0n) is 14.4. The summed E-state index contributed by atoms with van der Waals surface area (Å²) in [6, 6.07) is 8.69. The zero-order valence-corrected chi connectivity index (χ0v) is 15.2. The lowest BCUT2D eigenvalue weighted by Crippen LogP contribution is -2.60. The smallest absolute Gasteiger partial charge is 0.370 e. The van der Waals surface area contributed by atoms with Crippen molar-refractivity contribution in [2.75, 3.05) is 26.5 Å². The van der Waals surface area contributed by atoms with Crippen molar-refractivity contribution in [2.24, 2.45) is 0 Å². The molecule has 0 amide bonds. The third kappa shape index (κ3) is 4.63. The largest absolute Gasteiger partial charge is 0.523 e. The number of ether oxygens (including phenoxy) is 4. The highest BCUT2D eigenvalue weighted by molar-refractivity contribution is 7.87. The fourth-order valence-corrected chi connectivity index (χ4v) is 3.57. The molecule has 2 aliphatic rings. The third-order valence-corrected chi connectivity index (χ3v) is 5.28. The Morgan fingerprint density at radius 1 is 1.11 bits per heavy atom. The Morgan fingerprint density at radius 3 is 2.46 bits per heavy atom. The molecule has 1 aromatic carbocycles. The lowest BCUT2D eigenvalue weighted by molar-refractivity contribution is -0.317. The van der Waals surface area contributed by atoms with E-state index >= 15 is 0 Å². The molecule has 2 saturated heterocycles. The topological polar surface area (TPSA) is 80.3 Å². The second-order valence-electron chi connectivity index (χ2n) is 6.11. The number of benzene rings is 1. The van der Waals surface area contributed by atoms with E-state index in [2.05, 4.69) is 4.18 Å². The maximum atomic E-state index is 12.7. The minimum atomic E-state index is -5.90. The summed E-state index contributed by atoms with van der Waals surface area (Å²) in [7, 11) is -5.90. The average Bonchev–Trinajstić information content (AvgIpc) is 2.66. The number of alkyl halides is 4. The van der Waals surface area contributed by atoms with Crippen molar-refractivity contribution >= 4 is 10.1 Å². The van der Waals surface area contributed by atoms with E-state index in [1.54, 1.807) is 30.3 Å². The number of halogens is 4. The van der Waals surface area contributed by atoms with Crippen LogP contribution in [0.5, 0.6) is 0 Å². The van der Waals surface area contributed by atoms with Crippen molar-refractivity contribution in [1.82, 2.24) is 0 Å². The molecule has 0 aromatic heterocycles. The quantitative estimate of drug-likeness (QED) is 0.388. The first-order chi connectivity index (χ1) is 13.2. The summed E-state index contributed by atoms with van der Waals surface area (Å²) in [5.41, 5.74) is -4.98. The number of hydrogen-bond donors (Lipinski definition) is 0. The Morgan fingerprint density at radius 2 is 1.82 bits per heavy atom. The molecule has 1 unspecified atom stereocenters. The van der Waals surface area contributed by atoms with Gasteiger partial charge in [-0.3, -0.25) is 4.18 Å². The Labute approximate surface area is 158 Å². The number of hydrogen-bond acceptors (Lipinski definition) is 7. The van der Waals surface area contributed by atoms with Crippen LogP contribution < -0.4 is 0 Å². The second kappa shape index (κ2) is 8.59. The fourth-order valence-electron chi connectivity index (χ4n) is 2.97. The standard InChI is InChI=1S/C16H18F4O7S/c17-6-7-23-13-12(27-28(21,22)16(18,19)20)9-24-11-8-25-15(26-14(11)13)10-4-2-1-3-5-10/h1-5,11-15H,6-9H2/t11-,12+,13+,14-,15?/m1/s1. The average molecular weight is 430 g/mol. The van der Waals surface area contributed by atoms with Crippen molar-refractivity contribution in [2.45, 2.75) is 36.2 Å². The third-order valence-electron chi connectivity index (χ3n) is 4.22. The van der Waals surface area contributed by atoms with Crippen LogP contribution in [0.4, 0.5) is 17.6 Å². The van der Waals surface area contributed by atoms with Gasteiger partial charge >= 0.3 is 15.6 Å². The molecular weight excluding hydrogens is 412 g/mol. The van der Waals surface area contributed by atoms with Crippen LogP contribution in [0, 0.1) is 0 Å². The highest BCUT2D eigenvalue weighted by atomic mass is 32.2. The molecule has 1 aromatic rings. The van der Waals surface area contributed by atoms with Gasteiger partial charge in [-0.25, -0.2) is 4.39 Å². The molecule has 2 heterocycles. The van der Waals surface area contributed by atoms with Gasteiger partial charge in [-0.05, 0) is 0 Å². The molecule has 0 spiro atoms. The van der Waals surface area contributed by atoms with Crippen LogP contribution >= 0.6 is 0 Å². The summed E-state index contributed by atoms with van der Waals surface area (Å²) in [4.78, 5) is 0. The summed E-state index contributed by atoms with van der Waals surface area (Å²) in [5.74, 6) is 0. The first kappa shape index (κ1) is 21.4. The maximum absolute atomic E-state index is 12.7. The molecule has 2 fully saturated rings. The van der Waals surface area contributed by atoms with Gasteiger partial charge in [0, 0.05) is 5.56 Å². The van der Waals surface area contributed by atoms with E-state index in [1.165, 1.54) is 0 Å². The Balaban J connectivity index is 1.80. The predicted octanol–water partition coefficient (Wildman–Crippen LogP) is 2.09. The normalized spacial score (nSPS) is 31.4. The Bertz CT molecular complexity index is 743. The van der Waals surface area contributed by atoms with Crippen LogP contribution in [0.2, 0.25) is 0 Å². The molecule has 158 valence electrons. The van der Waals surface area contributed by atoms with E-state index in [0.717, 1.165) is 0 Å². The number of fused-ring (bicyclic) bond motifs is 1. The van der Waals surface area contributed by atoms with Crippen LogP contribution in [0.1, 0.15) is 11.9 Å². The van der Waals surface area contributed by atoms with Crippen LogP contribution in [0.25, 0.3) is 0 Å². The van der Waals surface area contributed by atoms with Gasteiger partial charge in [0.15, 0.2) is 6.29 Å². The van der Waals surface area contributed by atoms with Gasteiger partial charge in [0.2, 0.25) is 0 Å². The van der Waals surface area contributed by atoms with Crippen LogP contribution in [0.3, 0.4) is 0 Å². The number of rotatable bonds is 6. The van der Waals surface area contributed by atoms with E-state index < -0.39 is 66.2 Å². The molecule has 0 radical (unpaired) electrons. The predicted molar refractivity (Wildman–Crippen MR) is 85.3 cm³/mol. The second-order valence-corrected chi connectivity index (χ2v) is 7.67. The lowest BCUT2D eigenvalue weighted by Gasteiger charge is -2.45. The first-order valence-electron chi connectivity index (χ1n) is 8.33. The monoisotopic (exact) mass is 430 g/mol. The molecule has 28 heavy (non-hydrogen) atoms. The summed E-state index contributed by atoms with van der Waals surface area (Å²) in [6.07, 6.45) is -5.60. The molecule has 0 aliphatic carbocycles. The molecular formula is C16H18F4O7S. The SMILES string of the molecule is O=S(=O)(O[C@H]1CO[C@@H]2COC(c3ccccc3)O[C@H]2[C@H]1OCCF)C(F)(F)F. The van der Waals surface area contributed by atoms with E-state index in [0.29, 0.717) is 5.56 Å². The first-order valence-corrected chi connectivity index (χ1v) is 9.74. The Kier molecular flexibility index (Phi) is 6.57. The molecule has 0 saturated carbocycles. The van der Waals surface area contributed by atoms with Gasteiger partial charge < -0.3 is 18.9 Å². The summed E-state index contributed by atoms with van der Waals surface area (Å²) >= 11 is 0. The van der Waals surface area contributed by atoms with Gasteiger partial charge in [0.1, 0.15) is 31.1 Å². The van der Waals surface area contributed by atoms with Gasteiger partial charge in [0.05, 0.1) is 19.8 Å². The molecule has 5 atom stereocenters. The van der Waals surface area contributed by atoms with Gasteiger partial charge in [-0.15, -0.1) is 0 Å². The van der Waals surface area contributed by atoms with Gasteiger partial charge in [0.25, 0.3) is 0 Å². The highest BCUT2D eigenvalue weighted by Crippen LogP contribution is 2.36.